The number of halogens is 1. The van der Waals surface area contributed by atoms with Gasteiger partial charge < -0.3 is 24.4 Å². The van der Waals surface area contributed by atoms with E-state index >= 15 is 0 Å². The Bertz CT molecular complexity index is 1030. The zero-order valence-electron chi connectivity index (χ0n) is 17.9. The van der Waals surface area contributed by atoms with Crippen LogP contribution in [0.4, 0.5) is 0 Å². The summed E-state index contributed by atoms with van der Waals surface area (Å²) in [6.07, 6.45) is 0. The third-order valence-electron chi connectivity index (χ3n) is 5.19. The van der Waals surface area contributed by atoms with Crippen molar-refractivity contribution in [2.24, 2.45) is 0 Å². The predicted molar refractivity (Wildman–Crippen MR) is 119 cm³/mol. The van der Waals surface area contributed by atoms with Crippen molar-refractivity contribution < 1.29 is 24.2 Å². The van der Waals surface area contributed by atoms with Gasteiger partial charge in [0, 0.05) is 24.2 Å². The number of Topliss-reactive ketones (excluding diaryl/α,β-unsaturated/α-hetero) is 1. The number of likely N-dealkylation sites (tertiary alicyclic amines) is 1. The number of aliphatic hydroxyl groups excluding tert-OH is 1. The van der Waals surface area contributed by atoms with Gasteiger partial charge in [-0.15, -0.1) is 0 Å². The maximum absolute atomic E-state index is 13.0. The van der Waals surface area contributed by atoms with Gasteiger partial charge in [0.2, 0.25) is 0 Å². The van der Waals surface area contributed by atoms with E-state index in [2.05, 4.69) is 0 Å². The van der Waals surface area contributed by atoms with Crippen molar-refractivity contribution >= 4 is 29.1 Å². The molecule has 0 saturated carbocycles. The first-order valence-corrected chi connectivity index (χ1v) is 10.1. The summed E-state index contributed by atoms with van der Waals surface area (Å²) < 4.78 is 10.6. The van der Waals surface area contributed by atoms with Gasteiger partial charge in [-0.05, 0) is 38.4 Å². The van der Waals surface area contributed by atoms with Crippen LogP contribution in [0.3, 0.4) is 0 Å². The van der Waals surface area contributed by atoms with E-state index in [1.54, 1.807) is 36.4 Å². The molecular weight excluding hydrogens is 420 g/mol. The van der Waals surface area contributed by atoms with Gasteiger partial charge in [0.05, 0.1) is 30.9 Å². The van der Waals surface area contributed by atoms with Crippen LogP contribution in [-0.4, -0.2) is 68.0 Å². The lowest BCUT2D eigenvalue weighted by molar-refractivity contribution is -0.140. The van der Waals surface area contributed by atoms with Crippen LogP contribution in [0.25, 0.3) is 5.76 Å². The van der Waals surface area contributed by atoms with Crippen LogP contribution in [0.5, 0.6) is 11.5 Å². The first kappa shape index (κ1) is 22.7. The monoisotopic (exact) mass is 444 g/mol. The highest BCUT2D eigenvalue weighted by Crippen LogP contribution is 2.43. The van der Waals surface area contributed by atoms with Crippen LogP contribution >= 0.6 is 11.6 Å². The van der Waals surface area contributed by atoms with Gasteiger partial charge in [-0.25, -0.2) is 0 Å². The molecule has 7 nitrogen and oxygen atoms in total. The third-order valence-corrected chi connectivity index (χ3v) is 5.48. The molecule has 8 heteroatoms. The summed E-state index contributed by atoms with van der Waals surface area (Å²) >= 11 is 6.21. The second-order valence-electron chi connectivity index (χ2n) is 7.39. The molecule has 1 N–H and O–H groups in total. The van der Waals surface area contributed by atoms with Gasteiger partial charge in [0.15, 0.2) is 0 Å². The number of hydrogen-bond acceptors (Lipinski definition) is 6. The highest BCUT2D eigenvalue weighted by molar-refractivity contribution is 6.46. The number of methoxy groups -OCH3 is 2. The van der Waals surface area contributed by atoms with Crippen LogP contribution in [0.2, 0.25) is 5.02 Å². The summed E-state index contributed by atoms with van der Waals surface area (Å²) in [6, 6.07) is 11.0. The summed E-state index contributed by atoms with van der Waals surface area (Å²) in [6.45, 7) is 0.855. The molecule has 1 saturated heterocycles. The highest BCUT2D eigenvalue weighted by atomic mass is 35.5. The number of nitrogens with zero attached hydrogens (tertiary/aromatic N) is 2. The van der Waals surface area contributed by atoms with Gasteiger partial charge in [0.1, 0.15) is 17.3 Å². The Hall–Kier alpha value is -3.03. The minimum Gasteiger partial charge on any atom is -0.507 e. The van der Waals surface area contributed by atoms with Gasteiger partial charge in [-0.1, -0.05) is 29.8 Å². The number of benzene rings is 2. The molecule has 31 heavy (non-hydrogen) atoms. The quantitative estimate of drug-likeness (QED) is 0.401. The fraction of sp³-hybridized carbons (Fsp3) is 0.304. The van der Waals surface area contributed by atoms with Crippen molar-refractivity contribution in [1.29, 1.82) is 0 Å². The molecule has 0 spiro atoms. The Balaban J connectivity index is 2.20. The average Bonchev–Trinajstić information content (AvgIpc) is 3.01. The lowest BCUT2D eigenvalue weighted by Gasteiger charge is -2.27. The number of rotatable bonds is 7. The lowest BCUT2D eigenvalue weighted by atomic mass is 9.94. The van der Waals surface area contributed by atoms with Crippen molar-refractivity contribution in [1.82, 2.24) is 9.80 Å². The van der Waals surface area contributed by atoms with Crippen LogP contribution in [-0.2, 0) is 9.59 Å². The number of ketones is 1. The second kappa shape index (κ2) is 9.41. The Morgan fingerprint density at radius 3 is 2.39 bits per heavy atom. The second-order valence-corrected chi connectivity index (χ2v) is 7.79. The van der Waals surface area contributed by atoms with E-state index in [-0.39, 0.29) is 16.4 Å². The fourth-order valence-electron chi connectivity index (χ4n) is 3.60. The van der Waals surface area contributed by atoms with Gasteiger partial charge >= 0.3 is 0 Å². The summed E-state index contributed by atoms with van der Waals surface area (Å²) in [4.78, 5) is 29.4. The lowest BCUT2D eigenvalue weighted by Crippen LogP contribution is -2.35. The van der Waals surface area contributed by atoms with Crippen LogP contribution in [0.15, 0.2) is 48.0 Å². The van der Waals surface area contributed by atoms with E-state index < -0.39 is 17.7 Å². The van der Waals surface area contributed by atoms with Crippen molar-refractivity contribution in [3.8, 4) is 11.5 Å². The van der Waals surface area contributed by atoms with Crippen LogP contribution in [0.1, 0.15) is 17.2 Å². The van der Waals surface area contributed by atoms with E-state index in [4.69, 9.17) is 21.1 Å². The number of carbonyl (C=O) groups excluding carboxylic acids is 2. The standard InChI is InChI=1S/C23H25ClN2O5/c1-25(2)11-12-26-20(15-7-5-6-8-17(15)30-3)19(22(28)23(26)29)21(27)14-9-10-18(31-4)16(24)13-14/h5-10,13,20,27H,11-12H2,1-4H3/t20-/m0/s1. The molecule has 0 aromatic heterocycles. The SMILES string of the molecule is COc1ccc(C(O)=C2C(=O)C(=O)N(CCN(C)C)[C@H]2c2ccccc2OC)cc1Cl. The van der Waals surface area contributed by atoms with Crippen LogP contribution < -0.4 is 9.47 Å². The summed E-state index contributed by atoms with van der Waals surface area (Å²) in [5.74, 6) is -0.766. The number of para-hydroxylation sites is 1. The van der Waals surface area contributed by atoms with E-state index in [0.717, 1.165) is 0 Å². The van der Waals surface area contributed by atoms with E-state index in [1.807, 2.05) is 19.0 Å². The molecule has 1 aliphatic heterocycles. The molecular formula is C23H25ClN2O5. The fourth-order valence-corrected chi connectivity index (χ4v) is 3.86. The van der Waals surface area contributed by atoms with Gasteiger partial charge in [-0.2, -0.15) is 0 Å². The highest BCUT2D eigenvalue weighted by Gasteiger charge is 2.46. The zero-order valence-corrected chi connectivity index (χ0v) is 18.6. The van der Waals surface area contributed by atoms with Gasteiger partial charge in [0.25, 0.3) is 11.7 Å². The Morgan fingerprint density at radius 1 is 1.10 bits per heavy atom. The summed E-state index contributed by atoms with van der Waals surface area (Å²) in [5, 5.41) is 11.4. The number of aliphatic hydroxyl groups is 1. The number of carbonyl (C=O) groups is 2. The smallest absolute Gasteiger partial charge is 0.295 e. The molecule has 1 fully saturated rings. The molecule has 0 radical (unpaired) electrons. The molecule has 0 unspecified atom stereocenters. The zero-order chi connectivity index (χ0) is 22.7. The molecule has 1 amide bonds. The molecule has 2 aromatic carbocycles. The molecule has 1 aliphatic rings. The van der Waals surface area contributed by atoms with Crippen molar-refractivity contribution in [3.63, 3.8) is 0 Å². The Kier molecular flexibility index (Phi) is 6.87. The Morgan fingerprint density at radius 2 is 1.77 bits per heavy atom. The number of hydrogen-bond donors (Lipinski definition) is 1. The number of ether oxygens (including phenoxy) is 2. The van der Waals surface area contributed by atoms with Crippen LogP contribution in [0, 0.1) is 0 Å². The minimum absolute atomic E-state index is 0.00510. The van der Waals surface area contributed by atoms with Gasteiger partial charge in [-0.3, -0.25) is 9.59 Å². The molecule has 0 aliphatic carbocycles. The molecule has 1 heterocycles. The van der Waals surface area contributed by atoms with Crippen molar-refractivity contribution in [3.05, 3.63) is 64.2 Å². The number of likely N-dealkylation sites (N-methyl/N-ethyl adjacent to an activating group) is 1. The van der Waals surface area contributed by atoms with Crippen molar-refractivity contribution in [2.75, 3.05) is 41.4 Å². The maximum atomic E-state index is 13.0. The Labute approximate surface area is 186 Å². The topological polar surface area (TPSA) is 79.3 Å². The molecule has 2 aromatic rings. The molecule has 1 atom stereocenters. The molecule has 3 rings (SSSR count). The molecule has 0 bridgehead atoms. The largest absolute Gasteiger partial charge is 0.507 e. The maximum Gasteiger partial charge on any atom is 0.295 e. The number of amides is 1. The van der Waals surface area contributed by atoms with E-state index in [1.165, 1.54) is 25.2 Å². The summed E-state index contributed by atoms with van der Waals surface area (Å²) in [7, 11) is 6.77. The third kappa shape index (κ3) is 4.38. The first-order valence-electron chi connectivity index (χ1n) is 9.70. The van der Waals surface area contributed by atoms with Crippen molar-refractivity contribution in [2.45, 2.75) is 6.04 Å². The summed E-state index contributed by atoms with van der Waals surface area (Å²) in [5.41, 5.74) is 0.926. The first-order chi connectivity index (χ1) is 14.8. The minimum atomic E-state index is -0.794. The molecule has 164 valence electrons. The average molecular weight is 445 g/mol. The van der Waals surface area contributed by atoms with E-state index in [9.17, 15) is 14.7 Å². The normalized spacial score (nSPS) is 18.0. The van der Waals surface area contributed by atoms with E-state index in [0.29, 0.717) is 35.7 Å². The predicted octanol–water partition coefficient (Wildman–Crippen LogP) is 3.34.